The number of amides is 1. The molecule has 6 heteroatoms. The van der Waals surface area contributed by atoms with E-state index in [-0.39, 0.29) is 24.4 Å². The number of carbonyl (C=O) groups excluding carboxylic acids is 1. The van der Waals surface area contributed by atoms with E-state index >= 15 is 0 Å². The maximum absolute atomic E-state index is 12.5. The molecule has 1 heterocycles. The molecular weight excluding hydrogens is 351 g/mol. The summed E-state index contributed by atoms with van der Waals surface area (Å²) in [5.41, 5.74) is 6.40. The summed E-state index contributed by atoms with van der Waals surface area (Å²) in [6.45, 7) is 1.31. The van der Waals surface area contributed by atoms with Crippen molar-refractivity contribution < 1.29 is 4.79 Å². The molecule has 1 fully saturated rings. The first-order chi connectivity index (χ1) is 8.63. The Morgan fingerprint density at radius 1 is 1.47 bits per heavy atom. The third-order valence-corrected chi connectivity index (χ3v) is 4.21. The van der Waals surface area contributed by atoms with Gasteiger partial charge in [0.15, 0.2) is 0 Å². The van der Waals surface area contributed by atoms with Crippen LogP contribution in [0.2, 0.25) is 5.02 Å². The number of hydrogen-bond acceptors (Lipinski definition) is 2. The molecule has 1 aromatic rings. The monoisotopic (exact) mass is 366 g/mol. The van der Waals surface area contributed by atoms with E-state index in [1.54, 1.807) is 18.2 Å². The van der Waals surface area contributed by atoms with Crippen molar-refractivity contribution in [2.24, 2.45) is 5.73 Å². The molecule has 19 heavy (non-hydrogen) atoms. The predicted molar refractivity (Wildman–Crippen MR) is 84.1 cm³/mol. The molecular formula is C13H17BrCl2N2O. The molecule has 0 spiro atoms. The summed E-state index contributed by atoms with van der Waals surface area (Å²) in [5, 5.41) is 0.618. The van der Waals surface area contributed by atoms with Crippen LogP contribution in [0.5, 0.6) is 0 Å². The standard InChI is InChI=1S/C13H16BrClN2O.ClH/c14-12-7-9(15)4-5-11(12)13(18)17-6-2-1-3-10(17)8-16;/h4-5,7,10H,1-3,6,8,16H2;1H. The lowest BCUT2D eigenvalue weighted by molar-refractivity contribution is 0.0622. The van der Waals surface area contributed by atoms with Crippen molar-refractivity contribution in [1.82, 2.24) is 4.90 Å². The number of likely N-dealkylation sites (tertiary alicyclic amines) is 1. The van der Waals surface area contributed by atoms with E-state index in [1.807, 2.05) is 4.90 Å². The molecule has 1 unspecified atom stereocenters. The lowest BCUT2D eigenvalue weighted by Crippen LogP contribution is -2.47. The third kappa shape index (κ3) is 3.85. The second-order valence-electron chi connectivity index (χ2n) is 4.51. The van der Waals surface area contributed by atoms with Crippen LogP contribution in [0.4, 0.5) is 0 Å². The molecule has 0 aliphatic carbocycles. The third-order valence-electron chi connectivity index (χ3n) is 3.32. The van der Waals surface area contributed by atoms with Gasteiger partial charge in [-0.05, 0) is 53.4 Å². The van der Waals surface area contributed by atoms with Crippen molar-refractivity contribution in [3.8, 4) is 0 Å². The second kappa shape index (κ2) is 7.48. The summed E-state index contributed by atoms with van der Waals surface area (Å²) < 4.78 is 0.737. The van der Waals surface area contributed by atoms with Gasteiger partial charge < -0.3 is 10.6 Å². The Morgan fingerprint density at radius 2 is 2.21 bits per heavy atom. The van der Waals surface area contributed by atoms with Crippen molar-refractivity contribution in [1.29, 1.82) is 0 Å². The van der Waals surface area contributed by atoms with Crippen LogP contribution >= 0.6 is 39.9 Å². The fourth-order valence-electron chi connectivity index (χ4n) is 2.33. The van der Waals surface area contributed by atoms with Crippen molar-refractivity contribution >= 4 is 45.8 Å². The summed E-state index contributed by atoms with van der Waals surface area (Å²) in [7, 11) is 0. The molecule has 1 amide bonds. The highest BCUT2D eigenvalue weighted by Crippen LogP contribution is 2.25. The van der Waals surface area contributed by atoms with Crippen molar-refractivity contribution in [2.75, 3.05) is 13.1 Å². The summed E-state index contributed by atoms with van der Waals surface area (Å²) in [6, 6.07) is 5.41. The first-order valence-electron chi connectivity index (χ1n) is 6.09. The smallest absolute Gasteiger partial charge is 0.255 e. The Hall–Kier alpha value is -0.290. The molecule has 1 atom stereocenters. The fraction of sp³-hybridized carbons (Fsp3) is 0.462. The minimum absolute atomic E-state index is 0. The van der Waals surface area contributed by atoms with Crippen LogP contribution < -0.4 is 5.73 Å². The highest BCUT2D eigenvalue weighted by Gasteiger charge is 2.27. The Morgan fingerprint density at radius 3 is 2.84 bits per heavy atom. The summed E-state index contributed by atoms with van der Waals surface area (Å²) in [5.74, 6) is 0.0358. The molecule has 2 rings (SSSR count). The van der Waals surface area contributed by atoms with Crippen LogP contribution in [0.15, 0.2) is 22.7 Å². The highest BCUT2D eigenvalue weighted by molar-refractivity contribution is 9.10. The molecule has 1 aromatic carbocycles. The van der Waals surface area contributed by atoms with E-state index in [9.17, 15) is 4.79 Å². The molecule has 0 bridgehead atoms. The van der Waals surface area contributed by atoms with Gasteiger partial charge in [0.1, 0.15) is 0 Å². The molecule has 106 valence electrons. The SMILES string of the molecule is Cl.NCC1CCCCN1C(=O)c1ccc(Cl)cc1Br. The predicted octanol–water partition coefficient (Wildman–Crippen LogP) is 3.48. The zero-order valence-electron chi connectivity index (χ0n) is 10.4. The zero-order chi connectivity index (χ0) is 13.1. The van der Waals surface area contributed by atoms with Crippen LogP contribution in [0, 0.1) is 0 Å². The van der Waals surface area contributed by atoms with Gasteiger partial charge in [0.05, 0.1) is 5.56 Å². The minimum atomic E-state index is 0. The number of halogens is 3. The van der Waals surface area contributed by atoms with Gasteiger partial charge in [-0.15, -0.1) is 12.4 Å². The number of piperidine rings is 1. The molecule has 1 aliphatic rings. The first kappa shape index (κ1) is 16.8. The quantitative estimate of drug-likeness (QED) is 0.869. The highest BCUT2D eigenvalue weighted by atomic mass is 79.9. The van der Waals surface area contributed by atoms with Gasteiger partial charge in [0.2, 0.25) is 0 Å². The number of nitrogens with zero attached hydrogens (tertiary/aromatic N) is 1. The summed E-state index contributed by atoms with van der Waals surface area (Å²) in [6.07, 6.45) is 3.19. The topological polar surface area (TPSA) is 46.3 Å². The molecule has 1 aliphatic heterocycles. The molecule has 0 radical (unpaired) electrons. The van der Waals surface area contributed by atoms with Crippen LogP contribution in [0.3, 0.4) is 0 Å². The lowest BCUT2D eigenvalue weighted by atomic mass is 10.0. The molecule has 0 aromatic heterocycles. The van der Waals surface area contributed by atoms with Gasteiger partial charge in [0, 0.05) is 28.6 Å². The first-order valence-corrected chi connectivity index (χ1v) is 7.26. The molecule has 3 nitrogen and oxygen atoms in total. The molecule has 0 saturated carbocycles. The van der Waals surface area contributed by atoms with E-state index in [0.717, 1.165) is 30.3 Å². The van der Waals surface area contributed by atoms with Crippen LogP contribution in [0.25, 0.3) is 0 Å². The normalized spacial score (nSPS) is 18.9. The minimum Gasteiger partial charge on any atom is -0.334 e. The van der Waals surface area contributed by atoms with Crippen LogP contribution in [0.1, 0.15) is 29.6 Å². The number of carbonyl (C=O) groups is 1. The van der Waals surface area contributed by atoms with Gasteiger partial charge in [-0.2, -0.15) is 0 Å². The van der Waals surface area contributed by atoms with E-state index in [2.05, 4.69) is 15.9 Å². The van der Waals surface area contributed by atoms with E-state index < -0.39 is 0 Å². The maximum Gasteiger partial charge on any atom is 0.255 e. The molecule has 1 saturated heterocycles. The fourth-order valence-corrected chi connectivity index (χ4v) is 3.18. The second-order valence-corrected chi connectivity index (χ2v) is 5.80. The van der Waals surface area contributed by atoms with Gasteiger partial charge in [-0.25, -0.2) is 0 Å². The Bertz CT molecular complexity index is 456. The summed E-state index contributed by atoms with van der Waals surface area (Å²) in [4.78, 5) is 14.4. The van der Waals surface area contributed by atoms with E-state index in [4.69, 9.17) is 17.3 Å². The van der Waals surface area contributed by atoms with Crippen LogP contribution in [-0.4, -0.2) is 29.9 Å². The average Bonchev–Trinajstić information content (AvgIpc) is 2.38. The lowest BCUT2D eigenvalue weighted by Gasteiger charge is -2.35. The average molecular weight is 368 g/mol. The number of benzene rings is 1. The Balaban J connectivity index is 0.00000180. The van der Waals surface area contributed by atoms with Crippen molar-refractivity contribution in [3.05, 3.63) is 33.3 Å². The number of nitrogens with two attached hydrogens (primary N) is 1. The van der Waals surface area contributed by atoms with E-state index in [1.165, 1.54) is 0 Å². The van der Waals surface area contributed by atoms with Gasteiger partial charge >= 0.3 is 0 Å². The summed E-state index contributed by atoms with van der Waals surface area (Å²) >= 11 is 9.28. The number of hydrogen-bond donors (Lipinski definition) is 1. The van der Waals surface area contributed by atoms with E-state index in [0.29, 0.717) is 17.1 Å². The largest absolute Gasteiger partial charge is 0.334 e. The zero-order valence-corrected chi connectivity index (χ0v) is 13.6. The molecule has 2 N–H and O–H groups in total. The Labute approximate surface area is 133 Å². The van der Waals surface area contributed by atoms with Gasteiger partial charge in [-0.1, -0.05) is 11.6 Å². The Kier molecular flexibility index (Phi) is 6.60. The van der Waals surface area contributed by atoms with Crippen LogP contribution in [-0.2, 0) is 0 Å². The number of rotatable bonds is 2. The van der Waals surface area contributed by atoms with Crippen molar-refractivity contribution in [2.45, 2.75) is 25.3 Å². The van der Waals surface area contributed by atoms with Crippen molar-refractivity contribution in [3.63, 3.8) is 0 Å². The van der Waals surface area contributed by atoms with Gasteiger partial charge in [0.25, 0.3) is 5.91 Å². The van der Waals surface area contributed by atoms with Gasteiger partial charge in [-0.3, -0.25) is 4.79 Å². The maximum atomic E-state index is 12.5.